The minimum atomic E-state index is -4.41. The molecule has 0 amide bonds. The lowest BCUT2D eigenvalue weighted by Crippen LogP contribution is -2.38. The van der Waals surface area contributed by atoms with Crippen LogP contribution in [0.1, 0.15) is 24.8 Å². The number of nitrogens with one attached hydrogen (secondary N) is 1. The topological polar surface area (TPSA) is 45.1 Å². The summed E-state index contributed by atoms with van der Waals surface area (Å²) in [6, 6.07) is 1.79. The molecule has 2 N–H and O–H groups in total. The van der Waals surface area contributed by atoms with Crippen LogP contribution in [0.2, 0.25) is 5.15 Å². The third-order valence-electron chi connectivity index (χ3n) is 3.27. The van der Waals surface area contributed by atoms with Crippen molar-refractivity contribution in [2.45, 2.75) is 37.1 Å². The Hall–Kier alpha value is -0.850. The minimum Gasteiger partial charge on any atom is -0.389 e. The molecule has 106 valence electrons. The van der Waals surface area contributed by atoms with E-state index < -0.39 is 23.7 Å². The molecule has 2 heterocycles. The highest BCUT2D eigenvalue weighted by molar-refractivity contribution is 6.29. The standard InChI is InChI=1S/C12H14ClF3N2O/c1-11(19)4-8(18-6-11)10(12(14,15)16)7-2-3-9(13)17-5-7/h2-3,5,8,10,18-19H,4,6H2,1H3. The Kier molecular flexibility index (Phi) is 3.77. The molecule has 0 saturated carbocycles. The van der Waals surface area contributed by atoms with Crippen LogP contribution < -0.4 is 5.32 Å². The van der Waals surface area contributed by atoms with E-state index in [1.807, 2.05) is 0 Å². The van der Waals surface area contributed by atoms with Crippen LogP contribution in [-0.2, 0) is 0 Å². The van der Waals surface area contributed by atoms with Crippen LogP contribution >= 0.6 is 11.6 Å². The second-order valence-corrected chi connectivity index (χ2v) is 5.51. The second kappa shape index (κ2) is 4.92. The maximum atomic E-state index is 13.2. The third-order valence-corrected chi connectivity index (χ3v) is 3.49. The van der Waals surface area contributed by atoms with Gasteiger partial charge in [-0.3, -0.25) is 0 Å². The highest BCUT2D eigenvalue weighted by atomic mass is 35.5. The lowest BCUT2D eigenvalue weighted by Gasteiger charge is -2.27. The van der Waals surface area contributed by atoms with E-state index in [0.717, 1.165) is 6.20 Å². The zero-order valence-electron chi connectivity index (χ0n) is 10.2. The summed E-state index contributed by atoms with van der Waals surface area (Å²) in [5, 5.41) is 12.7. The van der Waals surface area contributed by atoms with Crippen molar-refractivity contribution in [2.75, 3.05) is 6.54 Å². The second-order valence-electron chi connectivity index (χ2n) is 5.12. The summed E-state index contributed by atoms with van der Waals surface area (Å²) in [7, 11) is 0. The smallest absolute Gasteiger partial charge is 0.389 e. The van der Waals surface area contributed by atoms with Crippen molar-refractivity contribution in [3.63, 3.8) is 0 Å². The van der Waals surface area contributed by atoms with Gasteiger partial charge in [0.15, 0.2) is 0 Å². The number of pyridine rings is 1. The van der Waals surface area contributed by atoms with Crippen LogP contribution in [0.4, 0.5) is 13.2 Å². The first-order valence-electron chi connectivity index (χ1n) is 5.83. The number of alkyl halides is 3. The fourth-order valence-corrected chi connectivity index (χ4v) is 2.54. The van der Waals surface area contributed by atoms with Crippen molar-refractivity contribution in [1.29, 1.82) is 0 Å². The number of β-amino-alcohol motifs (C(OH)–C–C–N with tert-alkyl or cyclic N) is 1. The van der Waals surface area contributed by atoms with Gasteiger partial charge in [-0.15, -0.1) is 0 Å². The molecule has 1 aliphatic rings. The quantitative estimate of drug-likeness (QED) is 0.824. The van der Waals surface area contributed by atoms with Crippen molar-refractivity contribution in [3.8, 4) is 0 Å². The van der Waals surface area contributed by atoms with Crippen LogP contribution in [0, 0.1) is 0 Å². The SMILES string of the molecule is CC1(O)CNC(C(c2ccc(Cl)nc2)C(F)(F)F)C1. The number of rotatable bonds is 2. The van der Waals surface area contributed by atoms with E-state index >= 15 is 0 Å². The first-order valence-corrected chi connectivity index (χ1v) is 6.21. The fourth-order valence-electron chi connectivity index (χ4n) is 2.43. The van der Waals surface area contributed by atoms with Gasteiger partial charge in [-0.05, 0) is 25.0 Å². The summed E-state index contributed by atoms with van der Waals surface area (Å²) in [5.74, 6) is -1.70. The largest absolute Gasteiger partial charge is 0.397 e. The van der Waals surface area contributed by atoms with Gasteiger partial charge in [-0.25, -0.2) is 4.98 Å². The Labute approximate surface area is 113 Å². The van der Waals surface area contributed by atoms with Gasteiger partial charge in [0.25, 0.3) is 0 Å². The average molecular weight is 295 g/mol. The Balaban J connectivity index is 2.30. The molecule has 3 unspecified atom stereocenters. The Morgan fingerprint density at radius 3 is 2.63 bits per heavy atom. The molecule has 1 aromatic heterocycles. The first-order chi connectivity index (χ1) is 8.69. The molecular weight excluding hydrogens is 281 g/mol. The van der Waals surface area contributed by atoms with Crippen LogP contribution in [0.5, 0.6) is 0 Å². The van der Waals surface area contributed by atoms with Gasteiger partial charge in [-0.2, -0.15) is 13.2 Å². The molecule has 19 heavy (non-hydrogen) atoms. The number of hydrogen-bond acceptors (Lipinski definition) is 3. The van der Waals surface area contributed by atoms with Gasteiger partial charge >= 0.3 is 6.18 Å². The normalized spacial score (nSPS) is 29.5. The number of halogens is 4. The van der Waals surface area contributed by atoms with Crippen LogP contribution in [0.15, 0.2) is 18.3 Å². The summed E-state index contributed by atoms with van der Waals surface area (Å²) in [5.41, 5.74) is -1.07. The fraction of sp³-hybridized carbons (Fsp3) is 0.583. The molecule has 1 aromatic rings. The average Bonchev–Trinajstić information content (AvgIpc) is 2.60. The third kappa shape index (κ3) is 3.38. The van der Waals surface area contributed by atoms with E-state index in [2.05, 4.69) is 10.3 Å². The van der Waals surface area contributed by atoms with E-state index in [1.54, 1.807) is 0 Å². The summed E-state index contributed by atoms with van der Waals surface area (Å²) in [4.78, 5) is 3.70. The molecule has 0 radical (unpaired) electrons. The van der Waals surface area contributed by atoms with Crippen molar-refractivity contribution in [1.82, 2.24) is 10.3 Å². The molecule has 7 heteroatoms. The molecule has 3 atom stereocenters. The zero-order chi connectivity index (χ0) is 14.3. The van der Waals surface area contributed by atoms with E-state index in [4.69, 9.17) is 11.6 Å². The predicted molar refractivity (Wildman–Crippen MR) is 65.1 cm³/mol. The number of hydrogen-bond donors (Lipinski definition) is 2. The highest BCUT2D eigenvalue weighted by Crippen LogP contribution is 2.41. The molecule has 0 aromatic carbocycles. The monoisotopic (exact) mass is 294 g/mol. The predicted octanol–water partition coefficient (Wildman–Crippen LogP) is 2.49. The molecule has 0 bridgehead atoms. The van der Waals surface area contributed by atoms with Gasteiger partial charge < -0.3 is 10.4 Å². The molecular formula is C12H14ClF3N2O. The van der Waals surface area contributed by atoms with Gasteiger partial charge in [0.05, 0.1) is 11.5 Å². The van der Waals surface area contributed by atoms with Gasteiger partial charge in [0.1, 0.15) is 5.15 Å². The molecule has 3 nitrogen and oxygen atoms in total. The van der Waals surface area contributed by atoms with Crippen molar-refractivity contribution in [2.24, 2.45) is 0 Å². The maximum Gasteiger partial charge on any atom is 0.397 e. The molecule has 2 rings (SSSR count). The van der Waals surface area contributed by atoms with E-state index in [-0.39, 0.29) is 23.7 Å². The summed E-state index contributed by atoms with van der Waals surface area (Å²) in [6.45, 7) is 1.67. The highest BCUT2D eigenvalue weighted by Gasteiger charge is 2.49. The Morgan fingerprint density at radius 1 is 1.53 bits per heavy atom. The Morgan fingerprint density at radius 2 is 2.21 bits per heavy atom. The van der Waals surface area contributed by atoms with Crippen molar-refractivity contribution < 1.29 is 18.3 Å². The van der Waals surface area contributed by atoms with Gasteiger partial charge in [-0.1, -0.05) is 17.7 Å². The maximum absolute atomic E-state index is 13.2. The van der Waals surface area contributed by atoms with Crippen LogP contribution in [0.25, 0.3) is 0 Å². The summed E-state index contributed by atoms with van der Waals surface area (Å²) in [6.07, 6.45) is -3.23. The van der Waals surface area contributed by atoms with E-state index in [1.165, 1.54) is 19.1 Å². The molecule has 1 fully saturated rings. The number of aliphatic hydroxyl groups is 1. The Bertz CT molecular complexity index is 447. The molecule has 0 aliphatic carbocycles. The van der Waals surface area contributed by atoms with Crippen LogP contribution in [0.3, 0.4) is 0 Å². The summed E-state index contributed by atoms with van der Waals surface area (Å²) < 4.78 is 39.7. The number of aromatic nitrogens is 1. The van der Waals surface area contributed by atoms with Crippen LogP contribution in [-0.4, -0.2) is 34.5 Å². The number of nitrogens with zero attached hydrogens (tertiary/aromatic N) is 1. The van der Waals surface area contributed by atoms with Crippen molar-refractivity contribution in [3.05, 3.63) is 29.0 Å². The first kappa shape index (κ1) is 14.6. The zero-order valence-corrected chi connectivity index (χ0v) is 11.0. The lowest BCUT2D eigenvalue weighted by atomic mass is 9.88. The van der Waals surface area contributed by atoms with E-state index in [0.29, 0.717) is 0 Å². The molecule has 1 aliphatic heterocycles. The lowest BCUT2D eigenvalue weighted by molar-refractivity contribution is -0.156. The van der Waals surface area contributed by atoms with Crippen molar-refractivity contribution >= 4 is 11.6 Å². The minimum absolute atomic E-state index is 0.0415. The van der Waals surface area contributed by atoms with E-state index in [9.17, 15) is 18.3 Å². The van der Waals surface area contributed by atoms with Gasteiger partial charge in [0, 0.05) is 18.8 Å². The summed E-state index contributed by atoms with van der Waals surface area (Å²) >= 11 is 5.59. The molecule has 0 spiro atoms. The van der Waals surface area contributed by atoms with Gasteiger partial charge in [0.2, 0.25) is 0 Å². The molecule has 1 saturated heterocycles.